The molecule has 102 valence electrons. The Bertz CT molecular complexity index is 665. The fourth-order valence-corrected chi connectivity index (χ4v) is 2.84. The Labute approximate surface area is 116 Å². The van der Waals surface area contributed by atoms with Crippen molar-refractivity contribution in [2.75, 3.05) is 13.4 Å². The summed E-state index contributed by atoms with van der Waals surface area (Å²) in [4.78, 5) is 5.15. The summed E-state index contributed by atoms with van der Waals surface area (Å²) in [7, 11) is -1.57. The molecule has 0 unspecified atom stereocenters. The average Bonchev–Trinajstić information content (AvgIpc) is 2.84. The van der Waals surface area contributed by atoms with Crippen LogP contribution in [-0.4, -0.2) is 26.8 Å². The van der Waals surface area contributed by atoms with E-state index >= 15 is 0 Å². The lowest BCUT2D eigenvalue weighted by molar-refractivity contribution is 0.415. The molecule has 7 heteroatoms. The number of ether oxygens (including phenoxy) is 1. The van der Waals surface area contributed by atoms with Crippen LogP contribution in [0.25, 0.3) is 10.6 Å². The Balaban J connectivity index is 2.16. The minimum atomic E-state index is -3.18. The van der Waals surface area contributed by atoms with E-state index < -0.39 is 10.0 Å². The van der Waals surface area contributed by atoms with Gasteiger partial charge in [-0.2, -0.15) is 0 Å². The van der Waals surface area contributed by atoms with E-state index in [-0.39, 0.29) is 6.54 Å². The van der Waals surface area contributed by atoms with Gasteiger partial charge < -0.3 is 4.74 Å². The normalized spacial score (nSPS) is 11.5. The van der Waals surface area contributed by atoms with Gasteiger partial charge in [0.05, 0.1) is 13.4 Å². The Kier molecular flexibility index (Phi) is 4.18. The van der Waals surface area contributed by atoms with E-state index in [4.69, 9.17) is 4.74 Å². The van der Waals surface area contributed by atoms with Gasteiger partial charge in [-0.25, -0.2) is 18.1 Å². The number of thiazole rings is 1. The van der Waals surface area contributed by atoms with Crippen LogP contribution >= 0.6 is 11.3 Å². The summed E-state index contributed by atoms with van der Waals surface area (Å²) in [5.74, 6) is 0.767. The summed E-state index contributed by atoms with van der Waals surface area (Å²) < 4.78 is 29.6. The summed E-state index contributed by atoms with van der Waals surface area (Å²) in [5.41, 5.74) is 0.954. The number of rotatable bonds is 5. The van der Waals surface area contributed by atoms with Crippen LogP contribution < -0.4 is 9.46 Å². The molecule has 0 aliphatic heterocycles. The number of benzene rings is 1. The summed E-state index contributed by atoms with van der Waals surface area (Å²) in [6.45, 7) is 0.264. The van der Waals surface area contributed by atoms with Gasteiger partial charge in [-0.3, -0.25) is 0 Å². The van der Waals surface area contributed by atoms with Crippen molar-refractivity contribution in [3.63, 3.8) is 0 Å². The second-order valence-corrected chi connectivity index (χ2v) is 6.91. The van der Waals surface area contributed by atoms with Gasteiger partial charge in [0.2, 0.25) is 10.0 Å². The minimum absolute atomic E-state index is 0.264. The van der Waals surface area contributed by atoms with Gasteiger partial charge >= 0.3 is 0 Å². The first-order chi connectivity index (χ1) is 8.98. The molecule has 0 aliphatic carbocycles. The van der Waals surface area contributed by atoms with E-state index in [9.17, 15) is 8.42 Å². The van der Waals surface area contributed by atoms with E-state index in [2.05, 4.69) is 9.71 Å². The van der Waals surface area contributed by atoms with Crippen molar-refractivity contribution in [1.82, 2.24) is 9.71 Å². The van der Waals surface area contributed by atoms with Gasteiger partial charge in [0.15, 0.2) is 0 Å². The average molecular weight is 298 g/mol. The number of hydrogen-bond acceptors (Lipinski definition) is 5. The van der Waals surface area contributed by atoms with Crippen molar-refractivity contribution >= 4 is 21.4 Å². The van der Waals surface area contributed by atoms with Crippen LogP contribution in [0.15, 0.2) is 30.5 Å². The Morgan fingerprint density at radius 2 is 2.21 bits per heavy atom. The van der Waals surface area contributed by atoms with Crippen LogP contribution in [0.4, 0.5) is 0 Å². The standard InChI is InChI=1S/C12H14N2O3S2/c1-17-10-5-3-4-9(6-10)12-13-7-11(18-12)8-14-19(2,15)16/h3-7,14H,8H2,1-2H3. The fourth-order valence-electron chi connectivity index (χ4n) is 1.48. The van der Waals surface area contributed by atoms with Crippen molar-refractivity contribution in [1.29, 1.82) is 0 Å². The summed E-state index contributed by atoms with van der Waals surface area (Å²) in [6, 6.07) is 7.59. The molecule has 0 atom stereocenters. The molecule has 0 fully saturated rings. The topological polar surface area (TPSA) is 68.3 Å². The van der Waals surface area contributed by atoms with Gasteiger partial charge in [-0.05, 0) is 12.1 Å². The number of methoxy groups -OCH3 is 1. The first-order valence-corrected chi connectivity index (χ1v) is 8.22. The van der Waals surface area contributed by atoms with Crippen LogP contribution in [0.2, 0.25) is 0 Å². The van der Waals surface area contributed by atoms with Crippen molar-refractivity contribution < 1.29 is 13.2 Å². The highest BCUT2D eigenvalue weighted by atomic mass is 32.2. The van der Waals surface area contributed by atoms with E-state index in [0.29, 0.717) is 0 Å². The van der Waals surface area contributed by atoms with E-state index in [1.54, 1.807) is 13.3 Å². The third kappa shape index (κ3) is 4.02. The predicted molar refractivity (Wildman–Crippen MR) is 75.8 cm³/mol. The highest BCUT2D eigenvalue weighted by Gasteiger charge is 2.07. The lowest BCUT2D eigenvalue weighted by Gasteiger charge is -2.01. The smallest absolute Gasteiger partial charge is 0.209 e. The molecule has 5 nitrogen and oxygen atoms in total. The Hall–Kier alpha value is -1.44. The Morgan fingerprint density at radius 1 is 1.42 bits per heavy atom. The number of sulfonamides is 1. The highest BCUT2D eigenvalue weighted by molar-refractivity contribution is 7.88. The molecular formula is C12H14N2O3S2. The Morgan fingerprint density at radius 3 is 2.89 bits per heavy atom. The zero-order chi connectivity index (χ0) is 13.9. The molecule has 0 aliphatic rings. The largest absolute Gasteiger partial charge is 0.497 e. The fraction of sp³-hybridized carbons (Fsp3) is 0.250. The highest BCUT2D eigenvalue weighted by Crippen LogP contribution is 2.27. The summed E-state index contributed by atoms with van der Waals surface area (Å²) in [5, 5.41) is 0.837. The SMILES string of the molecule is COc1cccc(-c2ncc(CNS(C)(=O)=O)s2)c1. The molecule has 0 spiro atoms. The first kappa shape index (κ1) is 14.0. The van der Waals surface area contributed by atoms with Crippen LogP contribution in [0, 0.1) is 0 Å². The predicted octanol–water partition coefficient (Wildman–Crippen LogP) is 1.87. The van der Waals surface area contributed by atoms with Gasteiger partial charge in [-0.1, -0.05) is 12.1 Å². The van der Waals surface area contributed by atoms with Gasteiger partial charge in [0, 0.05) is 23.2 Å². The molecule has 2 rings (SSSR count). The van der Waals surface area contributed by atoms with Crippen LogP contribution in [0.1, 0.15) is 4.88 Å². The molecule has 0 saturated heterocycles. The van der Waals surface area contributed by atoms with Crippen LogP contribution in [-0.2, 0) is 16.6 Å². The summed E-state index contributed by atoms with van der Waals surface area (Å²) >= 11 is 1.45. The van der Waals surface area contributed by atoms with E-state index in [1.807, 2.05) is 24.3 Å². The minimum Gasteiger partial charge on any atom is -0.497 e. The first-order valence-electron chi connectivity index (χ1n) is 5.52. The molecule has 0 bridgehead atoms. The maximum atomic E-state index is 11.0. The lowest BCUT2D eigenvalue weighted by Crippen LogP contribution is -2.20. The molecule has 19 heavy (non-hydrogen) atoms. The van der Waals surface area contributed by atoms with Crippen molar-refractivity contribution in [3.8, 4) is 16.3 Å². The number of nitrogens with one attached hydrogen (secondary N) is 1. The molecule has 0 saturated carbocycles. The number of hydrogen-bond donors (Lipinski definition) is 1. The lowest BCUT2D eigenvalue weighted by atomic mass is 10.2. The van der Waals surface area contributed by atoms with E-state index in [1.165, 1.54) is 11.3 Å². The molecular weight excluding hydrogens is 284 g/mol. The molecule has 2 aromatic rings. The van der Waals surface area contributed by atoms with Crippen molar-refractivity contribution in [2.45, 2.75) is 6.54 Å². The quantitative estimate of drug-likeness (QED) is 0.915. The maximum Gasteiger partial charge on any atom is 0.209 e. The number of nitrogens with zero attached hydrogens (tertiary/aromatic N) is 1. The zero-order valence-corrected chi connectivity index (χ0v) is 12.2. The number of aromatic nitrogens is 1. The molecule has 1 aromatic heterocycles. The zero-order valence-electron chi connectivity index (χ0n) is 10.6. The van der Waals surface area contributed by atoms with E-state index in [0.717, 1.165) is 27.5 Å². The van der Waals surface area contributed by atoms with Crippen LogP contribution in [0.5, 0.6) is 5.75 Å². The third-order valence-electron chi connectivity index (χ3n) is 2.38. The van der Waals surface area contributed by atoms with Crippen molar-refractivity contribution in [2.24, 2.45) is 0 Å². The maximum absolute atomic E-state index is 11.0. The van der Waals surface area contributed by atoms with Crippen molar-refractivity contribution in [3.05, 3.63) is 35.3 Å². The molecule has 1 N–H and O–H groups in total. The van der Waals surface area contributed by atoms with Gasteiger partial charge in [-0.15, -0.1) is 11.3 Å². The molecule has 1 heterocycles. The second kappa shape index (κ2) is 5.68. The molecule has 1 aromatic carbocycles. The van der Waals surface area contributed by atoms with Gasteiger partial charge in [0.1, 0.15) is 10.8 Å². The monoisotopic (exact) mass is 298 g/mol. The second-order valence-electron chi connectivity index (χ2n) is 3.96. The van der Waals surface area contributed by atoms with Gasteiger partial charge in [0.25, 0.3) is 0 Å². The molecule has 0 amide bonds. The van der Waals surface area contributed by atoms with Crippen LogP contribution in [0.3, 0.4) is 0 Å². The molecule has 0 radical (unpaired) electrons. The third-order valence-corrected chi connectivity index (χ3v) is 4.09. The summed E-state index contributed by atoms with van der Waals surface area (Å²) in [6.07, 6.45) is 2.81.